The normalized spacial score (nSPS) is 16.5. The standard InChI is InChI=1S/C22H19N3O3S/c23-29(27,28)19-13-11-18(12-14-19)22(26)25-21(17-9-5-2-6-10-17)15-20(24-25)16-7-3-1-4-8-16/h1-14,21H,15H2,(H2,23,27,28). The number of hydrazone groups is 1. The first-order valence-electron chi connectivity index (χ1n) is 9.08. The van der Waals surface area contributed by atoms with Gasteiger partial charge < -0.3 is 0 Å². The summed E-state index contributed by atoms with van der Waals surface area (Å²) in [6.45, 7) is 0. The molecule has 0 aliphatic carbocycles. The SMILES string of the molecule is NS(=O)(=O)c1ccc(C(=O)N2N=C(c3ccccc3)CC2c2ccccc2)cc1. The summed E-state index contributed by atoms with van der Waals surface area (Å²) in [7, 11) is -3.82. The molecule has 0 saturated carbocycles. The topological polar surface area (TPSA) is 92.8 Å². The average Bonchev–Trinajstić information content (AvgIpc) is 3.19. The Hall–Kier alpha value is -3.29. The van der Waals surface area contributed by atoms with E-state index in [2.05, 4.69) is 5.10 Å². The monoisotopic (exact) mass is 405 g/mol. The van der Waals surface area contributed by atoms with E-state index in [4.69, 9.17) is 5.14 Å². The third-order valence-corrected chi connectivity index (χ3v) is 5.77. The molecule has 4 rings (SSSR count). The Labute approximate surface area is 169 Å². The van der Waals surface area contributed by atoms with Gasteiger partial charge in [0.05, 0.1) is 16.6 Å². The summed E-state index contributed by atoms with van der Waals surface area (Å²) in [6, 6.07) is 24.8. The third kappa shape index (κ3) is 3.96. The molecule has 3 aromatic carbocycles. The molecule has 146 valence electrons. The molecule has 0 spiro atoms. The van der Waals surface area contributed by atoms with Crippen molar-refractivity contribution in [3.8, 4) is 0 Å². The predicted molar refractivity (Wildman–Crippen MR) is 111 cm³/mol. The summed E-state index contributed by atoms with van der Waals surface area (Å²) < 4.78 is 22.9. The first-order valence-corrected chi connectivity index (χ1v) is 10.6. The van der Waals surface area contributed by atoms with Crippen molar-refractivity contribution in [2.45, 2.75) is 17.4 Å². The van der Waals surface area contributed by atoms with Crippen LogP contribution in [0.5, 0.6) is 0 Å². The van der Waals surface area contributed by atoms with E-state index in [-0.39, 0.29) is 16.8 Å². The quantitative estimate of drug-likeness (QED) is 0.722. The number of rotatable bonds is 4. The van der Waals surface area contributed by atoms with E-state index in [1.807, 2.05) is 60.7 Å². The van der Waals surface area contributed by atoms with Crippen LogP contribution < -0.4 is 5.14 Å². The van der Waals surface area contributed by atoms with E-state index in [1.54, 1.807) is 0 Å². The van der Waals surface area contributed by atoms with E-state index in [1.165, 1.54) is 29.3 Å². The Morgan fingerprint density at radius 2 is 1.48 bits per heavy atom. The van der Waals surface area contributed by atoms with Gasteiger partial charge in [-0.3, -0.25) is 4.79 Å². The fourth-order valence-corrected chi connectivity index (χ4v) is 3.87. The summed E-state index contributed by atoms with van der Waals surface area (Å²) in [5, 5.41) is 11.2. The number of carbonyl (C=O) groups is 1. The first-order chi connectivity index (χ1) is 13.9. The summed E-state index contributed by atoms with van der Waals surface area (Å²) >= 11 is 0. The highest BCUT2D eigenvalue weighted by Gasteiger charge is 2.33. The number of amides is 1. The van der Waals surface area contributed by atoms with Crippen molar-refractivity contribution in [2.75, 3.05) is 0 Å². The number of nitrogens with zero attached hydrogens (tertiary/aromatic N) is 2. The van der Waals surface area contributed by atoms with E-state index >= 15 is 0 Å². The minimum Gasteiger partial charge on any atom is -0.267 e. The molecule has 0 radical (unpaired) electrons. The number of sulfonamides is 1. The minimum atomic E-state index is -3.82. The van der Waals surface area contributed by atoms with E-state index in [0.717, 1.165) is 16.8 Å². The highest BCUT2D eigenvalue weighted by atomic mass is 32.2. The van der Waals surface area contributed by atoms with Crippen molar-refractivity contribution in [1.82, 2.24) is 5.01 Å². The van der Waals surface area contributed by atoms with Gasteiger partial charge in [-0.2, -0.15) is 5.10 Å². The lowest BCUT2D eigenvalue weighted by atomic mass is 9.98. The van der Waals surface area contributed by atoms with Crippen molar-refractivity contribution in [3.05, 3.63) is 102 Å². The molecule has 29 heavy (non-hydrogen) atoms. The molecule has 0 saturated heterocycles. The largest absolute Gasteiger partial charge is 0.274 e. The van der Waals surface area contributed by atoms with Crippen LogP contribution in [0.15, 0.2) is 94.9 Å². The van der Waals surface area contributed by atoms with Crippen molar-refractivity contribution in [2.24, 2.45) is 10.2 Å². The number of nitrogens with two attached hydrogens (primary N) is 1. The molecular weight excluding hydrogens is 386 g/mol. The molecule has 6 nitrogen and oxygen atoms in total. The molecule has 3 aromatic rings. The van der Waals surface area contributed by atoms with Crippen LogP contribution in [0.3, 0.4) is 0 Å². The molecule has 1 amide bonds. The highest BCUT2D eigenvalue weighted by Crippen LogP contribution is 2.33. The Morgan fingerprint density at radius 3 is 2.07 bits per heavy atom. The van der Waals surface area contributed by atoms with Gasteiger partial charge in [0, 0.05) is 12.0 Å². The fourth-order valence-electron chi connectivity index (χ4n) is 3.36. The second-order valence-electron chi connectivity index (χ2n) is 6.76. The molecule has 0 bridgehead atoms. The summed E-state index contributed by atoms with van der Waals surface area (Å²) in [6.07, 6.45) is 0.592. The van der Waals surface area contributed by atoms with Crippen LogP contribution >= 0.6 is 0 Å². The van der Waals surface area contributed by atoms with Crippen molar-refractivity contribution in [3.63, 3.8) is 0 Å². The zero-order valence-electron chi connectivity index (χ0n) is 15.5. The Balaban J connectivity index is 1.71. The second kappa shape index (κ2) is 7.62. The summed E-state index contributed by atoms with van der Waals surface area (Å²) in [5.41, 5.74) is 3.12. The molecule has 1 unspecified atom stereocenters. The molecular formula is C22H19N3O3S. The van der Waals surface area contributed by atoms with Gasteiger partial charge >= 0.3 is 0 Å². The number of primary sulfonamides is 1. The van der Waals surface area contributed by atoms with Crippen LogP contribution in [0, 0.1) is 0 Å². The molecule has 1 heterocycles. The highest BCUT2D eigenvalue weighted by molar-refractivity contribution is 7.89. The van der Waals surface area contributed by atoms with E-state index in [9.17, 15) is 13.2 Å². The molecule has 0 fully saturated rings. The maximum absolute atomic E-state index is 13.2. The van der Waals surface area contributed by atoms with Gasteiger partial charge in [-0.1, -0.05) is 60.7 Å². The number of carbonyl (C=O) groups excluding carboxylic acids is 1. The van der Waals surface area contributed by atoms with Crippen LogP contribution in [0.2, 0.25) is 0 Å². The van der Waals surface area contributed by atoms with Gasteiger partial charge in [0.25, 0.3) is 5.91 Å². The lowest BCUT2D eigenvalue weighted by Crippen LogP contribution is -2.27. The molecule has 2 N–H and O–H groups in total. The third-order valence-electron chi connectivity index (χ3n) is 4.84. The fraction of sp³-hybridized carbons (Fsp3) is 0.0909. The van der Waals surface area contributed by atoms with Crippen LogP contribution in [-0.2, 0) is 10.0 Å². The van der Waals surface area contributed by atoms with E-state index in [0.29, 0.717) is 12.0 Å². The summed E-state index contributed by atoms with van der Waals surface area (Å²) in [4.78, 5) is 13.2. The number of hydrogen-bond acceptors (Lipinski definition) is 4. The van der Waals surface area contributed by atoms with Gasteiger partial charge in [0.15, 0.2) is 0 Å². The van der Waals surface area contributed by atoms with Crippen molar-refractivity contribution in [1.29, 1.82) is 0 Å². The lowest BCUT2D eigenvalue weighted by molar-refractivity contribution is 0.0711. The first kappa shape index (κ1) is 19.0. The van der Waals surface area contributed by atoms with Crippen molar-refractivity contribution >= 4 is 21.6 Å². The molecule has 1 aliphatic rings. The molecule has 1 atom stereocenters. The summed E-state index contributed by atoms with van der Waals surface area (Å²) in [5.74, 6) is -0.300. The van der Waals surface area contributed by atoms with Gasteiger partial charge in [-0.25, -0.2) is 18.6 Å². The van der Waals surface area contributed by atoms with Gasteiger partial charge in [0.1, 0.15) is 0 Å². The average molecular weight is 405 g/mol. The van der Waals surface area contributed by atoms with Crippen molar-refractivity contribution < 1.29 is 13.2 Å². The molecule has 7 heteroatoms. The minimum absolute atomic E-state index is 0.0384. The zero-order chi connectivity index (χ0) is 20.4. The number of benzene rings is 3. The Morgan fingerprint density at radius 1 is 0.897 bits per heavy atom. The van der Waals surface area contributed by atoms with Gasteiger partial charge in [-0.05, 0) is 35.4 Å². The second-order valence-corrected chi connectivity index (χ2v) is 8.32. The molecule has 1 aliphatic heterocycles. The number of hydrogen-bond donors (Lipinski definition) is 1. The maximum Gasteiger partial charge on any atom is 0.274 e. The maximum atomic E-state index is 13.2. The van der Waals surface area contributed by atoms with Gasteiger partial charge in [0.2, 0.25) is 10.0 Å². The Kier molecular flexibility index (Phi) is 5.00. The smallest absolute Gasteiger partial charge is 0.267 e. The Bertz CT molecular complexity index is 1160. The van der Waals surface area contributed by atoms with Crippen LogP contribution in [0.4, 0.5) is 0 Å². The van der Waals surface area contributed by atoms with Gasteiger partial charge in [-0.15, -0.1) is 0 Å². The van der Waals surface area contributed by atoms with Crippen LogP contribution in [0.1, 0.15) is 33.9 Å². The van der Waals surface area contributed by atoms with Crippen LogP contribution in [0.25, 0.3) is 0 Å². The van der Waals surface area contributed by atoms with E-state index < -0.39 is 10.0 Å². The zero-order valence-corrected chi connectivity index (χ0v) is 16.3. The molecule has 0 aromatic heterocycles. The predicted octanol–water partition coefficient (Wildman–Crippen LogP) is 3.33. The van der Waals surface area contributed by atoms with Crippen LogP contribution in [-0.4, -0.2) is 25.0 Å². The lowest BCUT2D eigenvalue weighted by Gasteiger charge is -2.22.